The number of rotatable bonds is 0. The number of halogens is 1. The summed E-state index contributed by atoms with van der Waals surface area (Å²) in [6.07, 6.45) is 2.76. The van der Waals surface area contributed by atoms with E-state index < -0.39 is 17.2 Å². The van der Waals surface area contributed by atoms with Crippen LogP contribution in [0.2, 0.25) is 0 Å². The zero-order chi connectivity index (χ0) is 13.9. The first-order valence-corrected chi connectivity index (χ1v) is 5.75. The van der Waals surface area contributed by atoms with Gasteiger partial charge in [-0.15, -0.1) is 0 Å². The van der Waals surface area contributed by atoms with Crippen molar-refractivity contribution in [2.45, 2.75) is 0 Å². The molecule has 0 fully saturated rings. The van der Waals surface area contributed by atoms with Gasteiger partial charge in [0.05, 0.1) is 11.3 Å². The van der Waals surface area contributed by atoms with E-state index in [0.29, 0.717) is 5.69 Å². The lowest BCUT2D eigenvalue weighted by atomic mass is 10.1. The Kier molecular flexibility index (Phi) is 1.93. The highest BCUT2D eigenvalue weighted by Gasteiger charge is 2.31. The fraction of sp³-hybridized carbons (Fsp3) is 0. The maximum absolute atomic E-state index is 13.3. The molecule has 0 radical (unpaired) electrons. The topological polar surface area (TPSA) is 77.7 Å². The van der Waals surface area contributed by atoms with Crippen molar-refractivity contribution >= 4 is 16.9 Å². The Morgan fingerprint density at radius 3 is 2.75 bits per heavy atom. The van der Waals surface area contributed by atoms with Gasteiger partial charge in [-0.3, -0.25) is 14.2 Å². The summed E-state index contributed by atoms with van der Waals surface area (Å²) in [5.41, 5.74) is 0.116. The number of nitrogens with zero attached hydrogens (tertiary/aromatic N) is 4. The van der Waals surface area contributed by atoms with Crippen molar-refractivity contribution in [1.82, 2.24) is 19.5 Å². The number of ketones is 1. The predicted molar refractivity (Wildman–Crippen MR) is 66.3 cm³/mol. The molecular formula is C13H5FN4O2. The van der Waals surface area contributed by atoms with Crippen LogP contribution in [0.4, 0.5) is 4.39 Å². The quantitative estimate of drug-likeness (QED) is 0.472. The lowest BCUT2D eigenvalue weighted by molar-refractivity contribution is 0.103. The van der Waals surface area contributed by atoms with Crippen molar-refractivity contribution < 1.29 is 9.18 Å². The van der Waals surface area contributed by atoms with E-state index in [4.69, 9.17) is 0 Å². The van der Waals surface area contributed by atoms with E-state index in [1.807, 2.05) is 0 Å². The third-order valence-electron chi connectivity index (χ3n) is 3.16. The van der Waals surface area contributed by atoms with Crippen LogP contribution in [0.25, 0.3) is 16.9 Å². The van der Waals surface area contributed by atoms with Gasteiger partial charge in [0.15, 0.2) is 17.0 Å². The van der Waals surface area contributed by atoms with Gasteiger partial charge in [-0.2, -0.15) is 0 Å². The van der Waals surface area contributed by atoms with Crippen molar-refractivity contribution in [1.29, 1.82) is 0 Å². The van der Waals surface area contributed by atoms with Crippen LogP contribution in [0.3, 0.4) is 0 Å². The maximum atomic E-state index is 13.3. The smallest absolute Gasteiger partial charge is 0.285 e. The molecule has 4 rings (SSSR count). The molecule has 1 aliphatic heterocycles. The Hall–Kier alpha value is -2.96. The summed E-state index contributed by atoms with van der Waals surface area (Å²) in [6, 6.07) is 3.66. The van der Waals surface area contributed by atoms with E-state index in [-0.39, 0.29) is 22.6 Å². The zero-order valence-electron chi connectivity index (χ0n) is 9.87. The summed E-state index contributed by atoms with van der Waals surface area (Å²) in [7, 11) is 0. The Labute approximate surface area is 110 Å². The number of carbonyl (C=O) groups excluding carboxylic acids is 1. The molecule has 0 bridgehead atoms. The molecule has 2 aromatic heterocycles. The molecule has 1 aliphatic rings. The minimum absolute atomic E-state index is 0.0661. The predicted octanol–water partition coefficient (Wildman–Crippen LogP) is 0.859. The summed E-state index contributed by atoms with van der Waals surface area (Å²) in [5, 5.41) is 0. The van der Waals surface area contributed by atoms with E-state index >= 15 is 0 Å². The Morgan fingerprint density at radius 1 is 1.10 bits per heavy atom. The molecule has 0 N–H and O–H groups in total. The molecule has 3 heterocycles. The van der Waals surface area contributed by atoms with Gasteiger partial charge < -0.3 is 0 Å². The van der Waals surface area contributed by atoms with Gasteiger partial charge in [0.25, 0.3) is 5.56 Å². The molecule has 3 aromatic rings. The second kappa shape index (κ2) is 3.53. The number of hydrogen-bond acceptors (Lipinski definition) is 5. The van der Waals surface area contributed by atoms with E-state index in [2.05, 4.69) is 15.0 Å². The van der Waals surface area contributed by atoms with Crippen LogP contribution in [-0.4, -0.2) is 25.3 Å². The van der Waals surface area contributed by atoms with Gasteiger partial charge in [-0.25, -0.2) is 19.3 Å². The van der Waals surface area contributed by atoms with Crippen molar-refractivity contribution in [2.75, 3.05) is 0 Å². The third kappa shape index (κ3) is 1.23. The number of benzene rings is 1. The van der Waals surface area contributed by atoms with Crippen LogP contribution in [0, 0.1) is 5.82 Å². The van der Waals surface area contributed by atoms with Crippen LogP contribution in [0.15, 0.2) is 35.4 Å². The van der Waals surface area contributed by atoms with Crippen molar-refractivity contribution in [3.05, 3.63) is 58.2 Å². The molecule has 7 heteroatoms. The van der Waals surface area contributed by atoms with Crippen LogP contribution >= 0.6 is 0 Å². The molecule has 0 unspecified atom stereocenters. The monoisotopic (exact) mass is 268 g/mol. The SMILES string of the molecule is O=C1c2cc(F)ccc2-n2c1nc1nccnc1c2=O. The van der Waals surface area contributed by atoms with Gasteiger partial charge in [0.1, 0.15) is 5.82 Å². The van der Waals surface area contributed by atoms with E-state index in [0.717, 1.165) is 10.6 Å². The molecule has 20 heavy (non-hydrogen) atoms. The molecule has 0 amide bonds. The fourth-order valence-electron chi connectivity index (χ4n) is 2.30. The lowest BCUT2D eigenvalue weighted by Gasteiger charge is -2.03. The maximum Gasteiger partial charge on any atom is 0.286 e. The molecule has 6 nitrogen and oxygen atoms in total. The highest BCUT2D eigenvalue weighted by Crippen LogP contribution is 2.26. The first-order valence-electron chi connectivity index (χ1n) is 5.75. The Bertz CT molecular complexity index is 964. The first kappa shape index (κ1) is 10.9. The minimum Gasteiger partial charge on any atom is -0.285 e. The molecule has 96 valence electrons. The Balaban J connectivity index is 2.20. The van der Waals surface area contributed by atoms with Crippen LogP contribution in [-0.2, 0) is 0 Å². The fourth-order valence-corrected chi connectivity index (χ4v) is 2.30. The summed E-state index contributed by atoms with van der Waals surface area (Å²) in [6.45, 7) is 0. The standard InChI is InChI=1S/C13H5FN4O2/c14-6-1-2-8-7(5-6)10(19)12-17-11-9(13(20)18(8)12)15-3-4-16-11/h1-5H. The first-order chi connectivity index (χ1) is 9.66. The van der Waals surface area contributed by atoms with Gasteiger partial charge in [0, 0.05) is 12.4 Å². The molecule has 0 spiro atoms. The molecule has 0 saturated carbocycles. The number of carbonyl (C=O) groups is 1. The summed E-state index contributed by atoms with van der Waals surface area (Å²) in [4.78, 5) is 36.5. The van der Waals surface area contributed by atoms with E-state index in [1.54, 1.807) is 0 Å². The summed E-state index contributed by atoms with van der Waals surface area (Å²) >= 11 is 0. The van der Waals surface area contributed by atoms with Gasteiger partial charge in [0.2, 0.25) is 5.78 Å². The highest BCUT2D eigenvalue weighted by atomic mass is 19.1. The minimum atomic E-state index is -0.543. The van der Waals surface area contributed by atoms with E-state index in [9.17, 15) is 14.0 Å². The summed E-state index contributed by atoms with van der Waals surface area (Å²) in [5.74, 6) is -1.11. The largest absolute Gasteiger partial charge is 0.286 e. The Morgan fingerprint density at radius 2 is 1.90 bits per heavy atom. The molecule has 0 saturated heterocycles. The lowest BCUT2D eigenvalue weighted by Crippen LogP contribution is -2.22. The second-order valence-corrected chi connectivity index (χ2v) is 4.30. The summed E-state index contributed by atoms with van der Waals surface area (Å²) < 4.78 is 14.4. The van der Waals surface area contributed by atoms with Crippen LogP contribution in [0.1, 0.15) is 16.2 Å². The van der Waals surface area contributed by atoms with E-state index in [1.165, 1.54) is 24.5 Å². The zero-order valence-corrected chi connectivity index (χ0v) is 9.87. The van der Waals surface area contributed by atoms with Gasteiger partial charge in [-0.05, 0) is 18.2 Å². The van der Waals surface area contributed by atoms with Crippen molar-refractivity contribution in [3.63, 3.8) is 0 Å². The number of fused-ring (bicyclic) bond motifs is 4. The number of hydrogen-bond donors (Lipinski definition) is 0. The number of aromatic nitrogens is 4. The van der Waals surface area contributed by atoms with Crippen LogP contribution < -0.4 is 5.56 Å². The van der Waals surface area contributed by atoms with Gasteiger partial charge in [-0.1, -0.05) is 0 Å². The second-order valence-electron chi connectivity index (χ2n) is 4.30. The molecule has 0 aliphatic carbocycles. The average molecular weight is 268 g/mol. The molecular weight excluding hydrogens is 263 g/mol. The normalized spacial score (nSPS) is 12.6. The molecule has 0 atom stereocenters. The highest BCUT2D eigenvalue weighted by molar-refractivity contribution is 6.13. The molecule has 1 aromatic carbocycles. The van der Waals surface area contributed by atoms with Gasteiger partial charge >= 0.3 is 0 Å². The van der Waals surface area contributed by atoms with Crippen LogP contribution in [0.5, 0.6) is 0 Å². The third-order valence-corrected chi connectivity index (χ3v) is 3.16. The van der Waals surface area contributed by atoms with Crippen molar-refractivity contribution in [2.24, 2.45) is 0 Å². The average Bonchev–Trinajstić information content (AvgIpc) is 2.73. The van der Waals surface area contributed by atoms with Crippen molar-refractivity contribution in [3.8, 4) is 5.69 Å².